The highest BCUT2D eigenvalue weighted by molar-refractivity contribution is 7.99. The molecule has 0 saturated heterocycles. The molecule has 1 atom stereocenters. The van der Waals surface area contributed by atoms with E-state index in [-0.39, 0.29) is 6.04 Å². The van der Waals surface area contributed by atoms with Crippen molar-refractivity contribution in [2.75, 3.05) is 12.8 Å². The van der Waals surface area contributed by atoms with Gasteiger partial charge >= 0.3 is 0 Å². The molecule has 21 heavy (non-hydrogen) atoms. The van der Waals surface area contributed by atoms with E-state index in [0.717, 1.165) is 16.7 Å². The molecule has 1 heterocycles. The van der Waals surface area contributed by atoms with Gasteiger partial charge in [0.1, 0.15) is 6.26 Å². The van der Waals surface area contributed by atoms with Crippen molar-refractivity contribution in [3.8, 4) is 0 Å². The molecule has 0 aliphatic heterocycles. The molecule has 0 aliphatic rings. The predicted molar refractivity (Wildman–Crippen MR) is 87.7 cm³/mol. The Morgan fingerprint density at radius 3 is 2.71 bits per heavy atom. The van der Waals surface area contributed by atoms with Crippen molar-refractivity contribution < 1.29 is 4.42 Å². The maximum atomic E-state index is 5.39. The molecule has 0 aliphatic carbocycles. The lowest BCUT2D eigenvalue weighted by atomic mass is 10.0. The number of aryl methyl sites for hydroxylation is 1. The average Bonchev–Trinajstić information content (AvgIpc) is 2.93. The Bertz CT molecular complexity index is 738. The fraction of sp³-hybridized carbons (Fsp3) is 0.235. The van der Waals surface area contributed by atoms with Crippen LogP contribution in [0.2, 0.25) is 0 Å². The van der Waals surface area contributed by atoms with Crippen LogP contribution in [0.4, 0.5) is 0 Å². The van der Waals surface area contributed by atoms with E-state index in [4.69, 9.17) is 4.42 Å². The molecule has 1 N–H and O–H groups in total. The first-order valence-electron chi connectivity index (χ1n) is 6.97. The summed E-state index contributed by atoms with van der Waals surface area (Å²) < 4.78 is 5.39. The Kier molecular flexibility index (Phi) is 4.27. The van der Waals surface area contributed by atoms with Crippen molar-refractivity contribution in [3.63, 3.8) is 0 Å². The highest BCUT2D eigenvalue weighted by atomic mass is 32.2. The van der Waals surface area contributed by atoms with Gasteiger partial charge in [-0.15, -0.1) is 0 Å². The van der Waals surface area contributed by atoms with Crippen molar-refractivity contribution in [3.05, 3.63) is 60.0 Å². The molecule has 0 bridgehead atoms. The SMILES string of the molecule is CNC(CSc1nc(C)co1)c1ccc2ccccc2c1. The number of benzene rings is 2. The zero-order chi connectivity index (χ0) is 14.7. The summed E-state index contributed by atoms with van der Waals surface area (Å²) in [6.07, 6.45) is 1.69. The first kappa shape index (κ1) is 14.2. The third-order valence-corrected chi connectivity index (χ3v) is 4.43. The number of nitrogens with zero attached hydrogens (tertiary/aromatic N) is 1. The topological polar surface area (TPSA) is 38.1 Å². The minimum Gasteiger partial charge on any atom is -0.440 e. The smallest absolute Gasteiger partial charge is 0.255 e. The third kappa shape index (κ3) is 3.28. The van der Waals surface area contributed by atoms with Crippen molar-refractivity contribution in [2.24, 2.45) is 0 Å². The number of nitrogens with one attached hydrogen (secondary N) is 1. The van der Waals surface area contributed by atoms with E-state index < -0.39 is 0 Å². The zero-order valence-electron chi connectivity index (χ0n) is 12.2. The number of aromatic nitrogens is 1. The summed E-state index contributed by atoms with van der Waals surface area (Å²) >= 11 is 1.63. The summed E-state index contributed by atoms with van der Waals surface area (Å²) in [5.74, 6) is 0.884. The molecule has 0 fully saturated rings. The Labute approximate surface area is 128 Å². The van der Waals surface area contributed by atoms with Gasteiger partial charge in [0.05, 0.1) is 5.69 Å². The minimum atomic E-state index is 0.270. The van der Waals surface area contributed by atoms with E-state index in [1.807, 2.05) is 14.0 Å². The Morgan fingerprint density at radius 1 is 1.19 bits per heavy atom. The first-order chi connectivity index (χ1) is 10.3. The van der Waals surface area contributed by atoms with Crippen LogP contribution in [0.15, 0.2) is 58.4 Å². The van der Waals surface area contributed by atoms with Gasteiger partial charge in [-0.05, 0) is 36.4 Å². The van der Waals surface area contributed by atoms with Crippen molar-refractivity contribution >= 4 is 22.5 Å². The van der Waals surface area contributed by atoms with Crippen LogP contribution in [0.25, 0.3) is 10.8 Å². The highest BCUT2D eigenvalue weighted by Crippen LogP contribution is 2.26. The molecule has 0 spiro atoms. The molecular weight excluding hydrogens is 280 g/mol. The normalized spacial score (nSPS) is 12.7. The molecule has 1 unspecified atom stereocenters. The standard InChI is InChI=1S/C17H18N2OS/c1-12-10-20-17(19-12)21-11-16(18-2)15-8-7-13-5-3-4-6-14(13)9-15/h3-10,16,18H,11H2,1-2H3. The van der Waals surface area contributed by atoms with Crippen molar-refractivity contribution in [2.45, 2.75) is 18.2 Å². The van der Waals surface area contributed by atoms with Gasteiger partial charge in [0.15, 0.2) is 0 Å². The third-order valence-electron chi connectivity index (χ3n) is 3.50. The van der Waals surface area contributed by atoms with Crippen LogP contribution >= 0.6 is 11.8 Å². The van der Waals surface area contributed by atoms with E-state index in [9.17, 15) is 0 Å². The molecule has 1 aromatic heterocycles. The lowest BCUT2D eigenvalue weighted by molar-refractivity contribution is 0.453. The van der Waals surface area contributed by atoms with Crippen LogP contribution in [0, 0.1) is 6.92 Å². The quantitative estimate of drug-likeness (QED) is 0.717. The van der Waals surface area contributed by atoms with E-state index in [1.165, 1.54) is 16.3 Å². The van der Waals surface area contributed by atoms with Crippen molar-refractivity contribution in [1.29, 1.82) is 0 Å². The second kappa shape index (κ2) is 6.33. The summed E-state index contributed by atoms with van der Waals surface area (Å²) in [4.78, 5) is 4.33. The van der Waals surface area contributed by atoms with Crippen LogP contribution < -0.4 is 5.32 Å². The summed E-state index contributed by atoms with van der Waals surface area (Å²) in [5, 5.41) is 6.64. The Hall–Kier alpha value is -1.78. The molecule has 3 nitrogen and oxygen atoms in total. The van der Waals surface area contributed by atoms with Crippen LogP contribution in [0.1, 0.15) is 17.3 Å². The van der Waals surface area contributed by atoms with Gasteiger partial charge in [-0.2, -0.15) is 0 Å². The van der Waals surface area contributed by atoms with Gasteiger partial charge in [-0.3, -0.25) is 0 Å². The Balaban J connectivity index is 1.77. The van der Waals surface area contributed by atoms with Gasteiger partial charge in [0.2, 0.25) is 0 Å². The fourth-order valence-corrected chi connectivity index (χ4v) is 3.32. The number of hydrogen-bond donors (Lipinski definition) is 1. The maximum Gasteiger partial charge on any atom is 0.255 e. The average molecular weight is 298 g/mol. The zero-order valence-corrected chi connectivity index (χ0v) is 13.0. The molecule has 0 radical (unpaired) electrons. The van der Waals surface area contributed by atoms with Gasteiger partial charge in [-0.1, -0.05) is 48.2 Å². The second-order valence-corrected chi connectivity index (χ2v) is 5.98. The molecule has 3 rings (SSSR count). The number of thioether (sulfide) groups is 1. The summed E-state index contributed by atoms with van der Waals surface area (Å²) in [7, 11) is 1.99. The largest absolute Gasteiger partial charge is 0.440 e. The van der Waals surface area contributed by atoms with Gasteiger partial charge < -0.3 is 9.73 Å². The lowest BCUT2D eigenvalue weighted by Crippen LogP contribution is -2.18. The van der Waals surface area contributed by atoms with E-state index in [2.05, 4.69) is 52.8 Å². The van der Waals surface area contributed by atoms with Crippen LogP contribution in [0.3, 0.4) is 0 Å². The molecule has 108 valence electrons. The first-order valence-corrected chi connectivity index (χ1v) is 7.96. The van der Waals surface area contributed by atoms with Gasteiger partial charge in [0, 0.05) is 11.8 Å². The van der Waals surface area contributed by atoms with Crippen LogP contribution in [-0.2, 0) is 0 Å². The molecule has 0 saturated carbocycles. The summed E-state index contributed by atoms with van der Waals surface area (Å²) in [6, 6.07) is 15.3. The predicted octanol–water partition coefficient (Wildman–Crippen LogP) is 4.19. The molecule has 3 aromatic rings. The van der Waals surface area contributed by atoms with E-state index in [0.29, 0.717) is 0 Å². The van der Waals surface area contributed by atoms with Gasteiger partial charge in [0.25, 0.3) is 5.22 Å². The number of rotatable bonds is 5. The van der Waals surface area contributed by atoms with E-state index >= 15 is 0 Å². The summed E-state index contributed by atoms with van der Waals surface area (Å²) in [5.41, 5.74) is 2.20. The van der Waals surface area contributed by atoms with Gasteiger partial charge in [-0.25, -0.2) is 4.98 Å². The number of hydrogen-bond acceptors (Lipinski definition) is 4. The van der Waals surface area contributed by atoms with Crippen LogP contribution in [-0.4, -0.2) is 17.8 Å². The molecular formula is C17H18N2OS. The number of oxazole rings is 1. The lowest BCUT2D eigenvalue weighted by Gasteiger charge is -2.16. The second-order valence-electron chi connectivity index (χ2n) is 5.01. The number of fused-ring (bicyclic) bond motifs is 1. The molecule has 4 heteroatoms. The van der Waals surface area contributed by atoms with E-state index in [1.54, 1.807) is 18.0 Å². The Morgan fingerprint density at radius 2 is 2.00 bits per heavy atom. The molecule has 0 amide bonds. The summed E-state index contributed by atoms with van der Waals surface area (Å²) in [6.45, 7) is 1.94. The molecule has 2 aromatic carbocycles. The highest BCUT2D eigenvalue weighted by Gasteiger charge is 2.12. The monoisotopic (exact) mass is 298 g/mol. The van der Waals surface area contributed by atoms with Crippen molar-refractivity contribution in [1.82, 2.24) is 10.3 Å². The minimum absolute atomic E-state index is 0.270. The maximum absolute atomic E-state index is 5.39. The van der Waals surface area contributed by atoms with Crippen LogP contribution in [0.5, 0.6) is 0 Å². The fourth-order valence-electron chi connectivity index (χ4n) is 2.32.